The lowest BCUT2D eigenvalue weighted by Crippen LogP contribution is -2.38. The Morgan fingerprint density at radius 2 is 2.00 bits per heavy atom. The normalized spacial score (nSPS) is 12.1. The SMILES string of the molecule is CCOC(=O)C(C)NC(=O)/C=C/c1ccccc1. The maximum absolute atomic E-state index is 11.5. The van der Waals surface area contributed by atoms with Gasteiger partial charge in [0.1, 0.15) is 6.04 Å². The number of ether oxygens (including phenoxy) is 1. The minimum atomic E-state index is -0.641. The van der Waals surface area contributed by atoms with Crippen LogP contribution < -0.4 is 5.32 Å². The zero-order valence-corrected chi connectivity index (χ0v) is 10.6. The molecule has 1 amide bonds. The van der Waals surface area contributed by atoms with E-state index in [1.807, 2.05) is 30.3 Å². The van der Waals surface area contributed by atoms with Crippen LogP contribution in [0.2, 0.25) is 0 Å². The third-order valence-electron chi connectivity index (χ3n) is 2.23. The summed E-state index contributed by atoms with van der Waals surface area (Å²) in [6, 6.07) is 8.81. The molecule has 1 N–H and O–H groups in total. The molecule has 0 radical (unpaired) electrons. The highest BCUT2D eigenvalue weighted by atomic mass is 16.5. The summed E-state index contributed by atoms with van der Waals surface area (Å²) in [5, 5.41) is 2.53. The third-order valence-corrected chi connectivity index (χ3v) is 2.23. The molecule has 0 aromatic heterocycles. The second-order valence-electron chi connectivity index (χ2n) is 3.73. The lowest BCUT2D eigenvalue weighted by molar-refractivity contribution is -0.146. The molecule has 0 aliphatic heterocycles. The van der Waals surface area contributed by atoms with Gasteiger partial charge in [0.15, 0.2) is 0 Å². The Bertz CT molecular complexity index is 426. The van der Waals surface area contributed by atoms with Crippen molar-refractivity contribution in [2.45, 2.75) is 19.9 Å². The second kappa shape index (κ2) is 7.27. The van der Waals surface area contributed by atoms with Gasteiger partial charge in [0.05, 0.1) is 6.61 Å². The fraction of sp³-hybridized carbons (Fsp3) is 0.286. The van der Waals surface area contributed by atoms with Gasteiger partial charge in [-0.3, -0.25) is 4.79 Å². The number of nitrogens with one attached hydrogen (secondary N) is 1. The van der Waals surface area contributed by atoms with Gasteiger partial charge in [0.2, 0.25) is 5.91 Å². The molecule has 0 fully saturated rings. The van der Waals surface area contributed by atoms with E-state index >= 15 is 0 Å². The van der Waals surface area contributed by atoms with Crippen LogP contribution in [0.25, 0.3) is 6.08 Å². The number of benzene rings is 1. The number of carbonyl (C=O) groups excluding carboxylic acids is 2. The smallest absolute Gasteiger partial charge is 0.328 e. The number of carbonyl (C=O) groups is 2. The van der Waals surface area contributed by atoms with Crippen molar-refractivity contribution in [3.63, 3.8) is 0 Å². The molecule has 1 rings (SSSR count). The van der Waals surface area contributed by atoms with Gasteiger partial charge in [-0.2, -0.15) is 0 Å². The fourth-order valence-corrected chi connectivity index (χ4v) is 1.32. The quantitative estimate of drug-likeness (QED) is 0.637. The molecular weight excluding hydrogens is 230 g/mol. The van der Waals surface area contributed by atoms with Crippen LogP contribution in [-0.4, -0.2) is 24.5 Å². The van der Waals surface area contributed by atoms with Crippen molar-refractivity contribution in [3.8, 4) is 0 Å². The van der Waals surface area contributed by atoms with Gasteiger partial charge >= 0.3 is 5.97 Å². The molecule has 4 nitrogen and oxygen atoms in total. The van der Waals surface area contributed by atoms with Crippen LogP contribution in [0.1, 0.15) is 19.4 Å². The van der Waals surface area contributed by atoms with Crippen LogP contribution >= 0.6 is 0 Å². The van der Waals surface area contributed by atoms with Gasteiger partial charge in [-0.05, 0) is 25.5 Å². The number of hydrogen-bond donors (Lipinski definition) is 1. The minimum absolute atomic E-state index is 0.304. The van der Waals surface area contributed by atoms with Gasteiger partial charge in [-0.15, -0.1) is 0 Å². The van der Waals surface area contributed by atoms with E-state index < -0.39 is 12.0 Å². The first kappa shape index (κ1) is 14.0. The topological polar surface area (TPSA) is 55.4 Å². The van der Waals surface area contributed by atoms with Gasteiger partial charge < -0.3 is 10.1 Å². The molecule has 0 spiro atoms. The summed E-state index contributed by atoms with van der Waals surface area (Å²) in [4.78, 5) is 22.8. The molecular formula is C14H17NO3. The molecule has 4 heteroatoms. The third kappa shape index (κ3) is 4.82. The standard InChI is InChI=1S/C14H17NO3/c1-3-18-14(17)11(2)15-13(16)10-9-12-7-5-4-6-8-12/h4-11H,3H2,1-2H3,(H,15,16)/b10-9+. The molecule has 1 unspecified atom stereocenters. The Balaban J connectivity index is 2.47. The Kier molecular flexibility index (Phi) is 5.64. The lowest BCUT2D eigenvalue weighted by atomic mass is 10.2. The molecule has 0 bridgehead atoms. The fourth-order valence-electron chi connectivity index (χ4n) is 1.32. The van der Waals surface area contributed by atoms with Gasteiger partial charge in [-0.25, -0.2) is 4.79 Å². The molecule has 0 saturated carbocycles. The molecule has 1 atom stereocenters. The average molecular weight is 247 g/mol. The van der Waals surface area contributed by atoms with Crippen molar-refractivity contribution >= 4 is 18.0 Å². The molecule has 0 heterocycles. The van der Waals surface area contributed by atoms with E-state index in [0.717, 1.165) is 5.56 Å². The highest BCUT2D eigenvalue weighted by molar-refractivity contribution is 5.94. The summed E-state index contributed by atoms with van der Waals surface area (Å²) in [5.74, 6) is -0.752. The van der Waals surface area contributed by atoms with Crippen molar-refractivity contribution < 1.29 is 14.3 Å². The zero-order chi connectivity index (χ0) is 13.4. The maximum Gasteiger partial charge on any atom is 0.328 e. The van der Waals surface area contributed by atoms with Crippen LogP contribution in [0.5, 0.6) is 0 Å². The summed E-state index contributed by atoms with van der Waals surface area (Å²) in [6.45, 7) is 3.62. The van der Waals surface area contributed by atoms with Gasteiger partial charge in [0.25, 0.3) is 0 Å². The minimum Gasteiger partial charge on any atom is -0.464 e. The first-order valence-corrected chi connectivity index (χ1v) is 5.83. The van der Waals surface area contributed by atoms with Crippen LogP contribution in [0.15, 0.2) is 36.4 Å². The Morgan fingerprint density at radius 3 is 2.61 bits per heavy atom. The van der Waals surface area contributed by atoms with E-state index in [0.29, 0.717) is 6.61 Å². The highest BCUT2D eigenvalue weighted by Gasteiger charge is 2.14. The van der Waals surface area contributed by atoms with Gasteiger partial charge in [0, 0.05) is 6.08 Å². The second-order valence-corrected chi connectivity index (χ2v) is 3.73. The molecule has 0 saturated heterocycles. The maximum atomic E-state index is 11.5. The van der Waals surface area contributed by atoms with Crippen LogP contribution in [0, 0.1) is 0 Å². The van der Waals surface area contributed by atoms with E-state index in [4.69, 9.17) is 4.74 Å². The number of esters is 1. The van der Waals surface area contributed by atoms with E-state index in [2.05, 4.69) is 5.32 Å². The molecule has 18 heavy (non-hydrogen) atoms. The molecule has 0 aliphatic rings. The van der Waals surface area contributed by atoms with Crippen LogP contribution in [-0.2, 0) is 14.3 Å². The summed E-state index contributed by atoms with van der Waals surface area (Å²) >= 11 is 0. The Morgan fingerprint density at radius 1 is 1.33 bits per heavy atom. The van der Waals surface area contributed by atoms with Crippen molar-refractivity contribution in [3.05, 3.63) is 42.0 Å². The van der Waals surface area contributed by atoms with Crippen molar-refractivity contribution in [2.24, 2.45) is 0 Å². The number of rotatable bonds is 5. The van der Waals surface area contributed by atoms with Crippen molar-refractivity contribution in [1.82, 2.24) is 5.32 Å². The number of hydrogen-bond acceptors (Lipinski definition) is 3. The highest BCUT2D eigenvalue weighted by Crippen LogP contribution is 2.00. The van der Waals surface area contributed by atoms with Crippen molar-refractivity contribution in [1.29, 1.82) is 0 Å². The van der Waals surface area contributed by atoms with E-state index in [-0.39, 0.29) is 5.91 Å². The Labute approximate surface area is 107 Å². The molecule has 1 aromatic carbocycles. The van der Waals surface area contributed by atoms with E-state index in [1.54, 1.807) is 19.9 Å². The number of amides is 1. The Hall–Kier alpha value is -2.10. The lowest BCUT2D eigenvalue weighted by Gasteiger charge is -2.10. The monoisotopic (exact) mass is 247 g/mol. The predicted molar refractivity (Wildman–Crippen MR) is 69.7 cm³/mol. The average Bonchev–Trinajstić information content (AvgIpc) is 2.38. The van der Waals surface area contributed by atoms with Crippen molar-refractivity contribution in [2.75, 3.05) is 6.61 Å². The first-order valence-electron chi connectivity index (χ1n) is 5.83. The molecule has 96 valence electrons. The van der Waals surface area contributed by atoms with Crippen LogP contribution in [0.4, 0.5) is 0 Å². The summed E-state index contributed by atoms with van der Waals surface area (Å²) in [7, 11) is 0. The summed E-state index contributed by atoms with van der Waals surface area (Å²) in [5.41, 5.74) is 0.927. The zero-order valence-electron chi connectivity index (χ0n) is 10.6. The largest absolute Gasteiger partial charge is 0.464 e. The molecule has 1 aromatic rings. The summed E-state index contributed by atoms with van der Waals surface area (Å²) < 4.78 is 4.79. The molecule has 0 aliphatic carbocycles. The first-order chi connectivity index (χ1) is 8.63. The van der Waals surface area contributed by atoms with E-state index in [9.17, 15) is 9.59 Å². The summed E-state index contributed by atoms with van der Waals surface area (Å²) in [6.07, 6.45) is 3.08. The van der Waals surface area contributed by atoms with E-state index in [1.165, 1.54) is 6.08 Å². The van der Waals surface area contributed by atoms with Crippen LogP contribution in [0.3, 0.4) is 0 Å². The predicted octanol–water partition coefficient (Wildman–Crippen LogP) is 1.77. The van der Waals surface area contributed by atoms with Gasteiger partial charge in [-0.1, -0.05) is 30.3 Å².